The molecular weight excluding hydrogens is 349 g/mol. The number of hydrogen-bond donors (Lipinski definition) is 1. The first kappa shape index (κ1) is 18.3. The van der Waals surface area contributed by atoms with Crippen LogP contribution in [-0.4, -0.2) is 18.3 Å². The summed E-state index contributed by atoms with van der Waals surface area (Å²) < 4.78 is 5.43. The average Bonchev–Trinajstić information content (AvgIpc) is 2.53. The molecule has 0 heterocycles. The number of carbonyl (C=O) groups is 2. The van der Waals surface area contributed by atoms with Gasteiger partial charge in [-0.2, -0.15) is 0 Å². The highest BCUT2D eigenvalue weighted by atomic mass is 35.5. The number of halogens is 2. The molecule has 0 spiro atoms. The molecule has 4 nitrogen and oxygen atoms in total. The highest BCUT2D eigenvalue weighted by Gasteiger charge is 2.13. The number of hydrogen-bond acceptors (Lipinski definition) is 3. The van der Waals surface area contributed by atoms with Crippen molar-refractivity contribution in [2.24, 2.45) is 0 Å². The summed E-state index contributed by atoms with van der Waals surface area (Å²) >= 11 is 12.0. The van der Waals surface area contributed by atoms with Crippen molar-refractivity contribution in [2.45, 2.75) is 19.9 Å². The van der Waals surface area contributed by atoms with Crippen molar-refractivity contribution in [3.05, 3.63) is 63.6 Å². The van der Waals surface area contributed by atoms with Crippen molar-refractivity contribution in [1.29, 1.82) is 0 Å². The van der Waals surface area contributed by atoms with E-state index in [4.69, 9.17) is 27.9 Å². The SMILES string of the molecule is CC(=O)c1cccc(OCC(=O)N[C@H](C)c2ccc(Cl)cc2Cl)c1. The molecule has 0 bridgehead atoms. The van der Waals surface area contributed by atoms with Gasteiger partial charge in [-0.05, 0) is 43.7 Å². The molecule has 2 rings (SSSR count). The lowest BCUT2D eigenvalue weighted by molar-refractivity contribution is -0.123. The summed E-state index contributed by atoms with van der Waals surface area (Å²) in [6.45, 7) is 3.14. The Kier molecular flexibility index (Phi) is 6.23. The maximum absolute atomic E-state index is 12.0. The third-order valence-electron chi connectivity index (χ3n) is 3.42. The lowest BCUT2D eigenvalue weighted by Crippen LogP contribution is -2.31. The van der Waals surface area contributed by atoms with E-state index in [1.165, 1.54) is 6.92 Å². The Morgan fingerprint density at radius 3 is 2.58 bits per heavy atom. The fraction of sp³-hybridized carbons (Fsp3) is 0.222. The first-order valence-electron chi connectivity index (χ1n) is 7.35. The standard InChI is InChI=1S/C18H17Cl2NO3/c1-11(16-7-6-14(19)9-17(16)20)21-18(23)10-24-15-5-3-4-13(8-15)12(2)22/h3-9,11H,10H2,1-2H3,(H,21,23)/t11-/m1/s1. The molecule has 0 radical (unpaired) electrons. The van der Waals surface area contributed by atoms with Crippen LogP contribution in [0.25, 0.3) is 0 Å². The molecule has 2 aromatic carbocycles. The van der Waals surface area contributed by atoms with Crippen molar-refractivity contribution in [1.82, 2.24) is 5.32 Å². The largest absolute Gasteiger partial charge is 0.484 e. The summed E-state index contributed by atoms with van der Waals surface area (Å²) in [5.74, 6) is 0.118. The number of Topliss-reactive ketones (excluding diaryl/α,β-unsaturated/α-hetero) is 1. The van der Waals surface area contributed by atoms with Crippen molar-refractivity contribution in [3.63, 3.8) is 0 Å². The zero-order chi connectivity index (χ0) is 17.7. The quantitative estimate of drug-likeness (QED) is 0.769. The van der Waals surface area contributed by atoms with Crippen LogP contribution in [0, 0.1) is 0 Å². The maximum Gasteiger partial charge on any atom is 0.258 e. The van der Waals surface area contributed by atoms with E-state index in [0.717, 1.165) is 5.56 Å². The van der Waals surface area contributed by atoms with Gasteiger partial charge in [-0.3, -0.25) is 9.59 Å². The zero-order valence-corrected chi connectivity index (χ0v) is 14.8. The Balaban J connectivity index is 1.93. The van der Waals surface area contributed by atoms with Crippen LogP contribution in [0.4, 0.5) is 0 Å². The summed E-state index contributed by atoms with van der Waals surface area (Å²) in [6, 6.07) is 11.5. The van der Waals surface area contributed by atoms with Crippen LogP contribution < -0.4 is 10.1 Å². The van der Waals surface area contributed by atoms with E-state index in [1.54, 1.807) is 42.5 Å². The van der Waals surface area contributed by atoms with E-state index < -0.39 is 0 Å². The van der Waals surface area contributed by atoms with Crippen LogP contribution >= 0.6 is 23.2 Å². The van der Waals surface area contributed by atoms with Crippen LogP contribution in [0.2, 0.25) is 10.0 Å². The van der Waals surface area contributed by atoms with Gasteiger partial charge in [0.05, 0.1) is 6.04 Å². The normalized spacial score (nSPS) is 11.7. The number of nitrogens with one attached hydrogen (secondary N) is 1. The Labute approximate surface area is 150 Å². The summed E-state index contributed by atoms with van der Waals surface area (Å²) in [6.07, 6.45) is 0. The van der Waals surface area contributed by atoms with Gasteiger partial charge in [0.25, 0.3) is 5.91 Å². The predicted molar refractivity (Wildman–Crippen MR) is 95.0 cm³/mol. The lowest BCUT2D eigenvalue weighted by Gasteiger charge is -2.16. The van der Waals surface area contributed by atoms with Crippen molar-refractivity contribution < 1.29 is 14.3 Å². The fourth-order valence-corrected chi connectivity index (χ4v) is 2.74. The van der Waals surface area contributed by atoms with Crippen LogP contribution in [0.1, 0.15) is 35.8 Å². The molecule has 24 heavy (non-hydrogen) atoms. The van der Waals surface area contributed by atoms with E-state index in [1.807, 2.05) is 6.92 Å². The lowest BCUT2D eigenvalue weighted by atomic mass is 10.1. The number of ether oxygens (including phenoxy) is 1. The van der Waals surface area contributed by atoms with Crippen LogP contribution in [0.5, 0.6) is 5.75 Å². The van der Waals surface area contributed by atoms with Gasteiger partial charge >= 0.3 is 0 Å². The minimum absolute atomic E-state index is 0.0593. The Morgan fingerprint density at radius 2 is 1.92 bits per heavy atom. The molecule has 0 aliphatic heterocycles. The van der Waals surface area contributed by atoms with Gasteiger partial charge in [-0.25, -0.2) is 0 Å². The zero-order valence-electron chi connectivity index (χ0n) is 13.3. The van der Waals surface area contributed by atoms with Crippen molar-refractivity contribution in [3.8, 4) is 5.75 Å². The minimum Gasteiger partial charge on any atom is -0.484 e. The maximum atomic E-state index is 12.0. The predicted octanol–water partition coefficient (Wildman–Crippen LogP) is 4.45. The van der Waals surface area contributed by atoms with Crippen molar-refractivity contribution in [2.75, 3.05) is 6.61 Å². The van der Waals surface area contributed by atoms with E-state index in [9.17, 15) is 9.59 Å². The first-order valence-corrected chi connectivity index (χ1v) is 8.10. The van der Waals surface area contributed by atoms with Crippen LogP contribution in [0.3, 0.4) is 0 Å². The van der Waals surface area contributed by atoms with Crippen molar-refractivity contribution >= 4 is 34.9 Å². The highest BCUT2D eigenvalue weighted by molar-refractivity contribution is 6.35. The molecule has 6 heteroatoms. The summed E-state index contributed by atoms with van der Waals surface area (Å²) in [7, 11) is 0. The van der Waals surface area contributed by atoms with E-state index >= 15 is 0 Å². The molecular formula is C18H17Cl2NO3. The summed E-state index contributed by atoms with van der Waals surface area (Å²) in [5, 5.41) is 3.83. The van der Waals surface area contributed by atoms with Gasteiger partial charge in [-0.1, -0.05) is 41.4 Å². The molecule has 0 aromatic heterocycles. The average molecular weight is 366 g/mol. The number of rotatable bonds is 6. The molecule has 0 aliphatic rings. The molecule has 0 unspecified atom stereocenters. The molecule has 0 saturated carbocycles. The third kappa shape index (κ3) is 4.98. The monoisotopic (exact) mass is 365 g/mol. The molecule has 1 amide bonds. The number of amides is 1. The van der Waals surface area contributed by atoms with Gasteiger partial charge in [0.15, 0.2) is 12.4 Å². The molecule has 2 aromatic rings. The molecule has 0 saturated heterocycles. The van der Waals surface area contributed by atoms with E-state index in [0.29, 0.717) is 21.4 Å². The van der Waals surface area contributed by atoms with Gasteiger partial charge in [0.1, 0.15) is 5.75 Å². The molecule has 126 valence electrons. The number of ketones is 1. The fourth-order valence-electron chi connectivity index (χ4n) is 2.17. The Bertz CT molecular complexity index is 762. The van der Waals surface area contributed by atoms with Crippen LogP contribution in [0.15, 0.2) is 42.5 Å². The minimum atomic E-state index is -0.290. The van der Waals surface area contributed by atoms with E-state index in [-0.39, 0.29) is 24.3 Å². The highest BCUT2D eigenvalue weighted by Crippen LogP contribution is 2.26. The second-order valence-corrected chi connectivity index (χ2v) is 6.17. The van der Waals surface area contributed by atoms with Gasteiger partial charge in [-0.15, -0.1) is 0 Å². The smallest absolute Gasteiger partial charge is 0.258 e. The topological polar surface area (TPSA) is 55.4 Å². The summed E-state index contributed by atoms with van der Waals surface area (Å²) in [4.78, 5) is 23.4. The Hall–Kier alpha value is -2.04. The molecule has 0 aliphatic carbocycles. The summed E-state index contributed by atoms with van der Waals surface area (Å²) in [5.41, 5.74) is 1.31. The second kappa shape index (κ2) is 8.18. The Morgan fingerprint density at radius 1 is 1.17 bits per heavy atom. The van der Waals surface area contributed by atoms with Crippen LogP contribution in [-0.2, 0) is 4.79 Å². The van der Waals surface area contributed by atoms with Gasteiger partial charge in [0, 0.05) is 15.6 Å². The third-order valence-corrected chi connectivity index (χ3v) is 3.98. The molecule has 0 fully saturated rings. The first-order chi connectivity index (χ1) is 11.4. The van der Waals surface area contributed by atoms with Gasteiger partial charge < -0.3 is 10.1 Å². The number of benzene rings is 2. The van der Waals surface area contributed by atoms with Gasteiger partial charge in [0.2, 0.25) is 0 Å². The molecule has 1 atom stereocenters. The second-order valence-electron chi connectivity index (χ2n) is 5.33. The number of carbonyl (C=O) groups excluding carboxylic acids is 2. The van der Waals surface area contributed by atoms with E-state index in [2.05, 4.69) is 5.32 Å². The molecule has 1 N–H and O–H groups in total.